The third-order valence-corrected chi connectivity index (χ3v) is 4.52. The number of benzene rings is 2. The Hall–Kier alpha value is -1.84. The molecule has 2 aromatic carbocycles. The lowest BCUT2D eigenvalue weighted by molar-refractivity contribution is 0.0835. The predicted molar refractivity (Wildman–Crippen MR) is 88.7 cm³/mol. The summed E-state index contributed by atoms with van der Waals surface area (Å²) in [5.74, 6) is 0.335. The number of phenolic OH excluding ortho intramolecular Hbond substituents is 1. The van der Waals surface area contributed by atoms with Gasteiger partial charge in [-0.05, 0) is 42.6 Å². The smallest absolute Gasteiger partial charge is 0.120 e. The molecule has 1 atom stereocenters. The normalized spacial score (nSPS) is 19.2. The highest BCUT2D eigenvalue weighted by atomic mass is 16.3. The molecule has 3 nitrogen and oxygen atoms in total. The summed E-state index contributed by atoms with van der Waals surface area (Å²) < 4.78 is 0. The molecule has 22 heavy (non-hydrogen) atoms. The molecule has 0 saturated carbocycles. The molecule has 0 amide bonds. The Morgan fingerprint density at radius 2 is 1.82 bits per heavy atom. The van der Waals surface area contributed by atoms with Crippen molar-refractivity contribution in [1.29, 1.82) is 0 Å². The average Bonchev–Trinajstić information content (AvgIpc) is 2.58. The van der Waals surface area contributed by atoms with Crippen molar-refractivity contribution in [1.82, 2.24) is 4.90 Å². The summed E-state index contributed by atoms with van der Waals surface area (Å²) in [4.78, 5) is 2.29. The van der Waals surface area contributed by atoms with E-state index in [1.807, 2.05) is 24.3 Å². The lowest BCUT2D eigenvalue weighted by Crippen LogP contribution is -2.41. The molecule has 1 fully saturated rings. The lowest BCUT2D eigenvalue weighted by atomic mass is 9.99. The maximum atomic E-state index is 10.2. The monoisotopic (exact) mass is 297 g/mol. The molecular formula is C19H23NO2. The van der Waals surface area contributed by atoms with E-state index in [0.717, 1.165) is 36.1 Å². The maximum Gasteiger partial charge on any atom is 0.120 e. The van der Waals surface area contributed by atoms with Gasteiger partial charge in [0.15, 0.2) is 0 Å². The Labute approximate surface area is 131 Å². The molecule has 1 unspecified atom stereocenters. The summed E-state index contributed by atoms with van der Waals surface area (Å²) in [6.45, 7) is 1.87. The van der Waals surface area contributed by atoms with Crippen LogP contribution in [0.2, 0.25) is 0 Å². The number of hydrogen-bond acceptors (Lipinski definition) is 3. The fraction of sp³-hybridized carbons (Fsp3) is 0.368. The topological polar surface area (TPSA) is 43.7 Å². The largest absolute Gasteiger partial charge is 0.508 e. The van der Waals surface area contributed by atoms with Crippen LogP contribution in [-0.4, -0.2) is 34.3 Å². The first kappa shape index (κ1) is 15.1. The molecule has 1 saturated heterocycles. The number of aliphatic hydroxyl groups is 1. The minimum absolute atomic E-state index is 0.194. The van der Waals surface area contributed by atoms with Crippen molar-refractivity contribution in [2.75, 3.05) is 13.2 Å². The molecule has 2 N–H and O–H groups in total. The fourth-order valence-corrected chi connectivity index (χ4v) is 3.22. The van der Waals surface area contributed by atoms with Gasteiger partial charge in [-0.25, -0.2) is 0 Å². The molecule has 0 bridgehead atoms. The van der Waals surface area contributed by atoms with Crippen LogP contribution in [0.1, 0.15) is 24.8 Å². The summed E-state index contributed by atoms with van der Waals surface area (Å²) in [5.41, 5.74) is 3.20. The second-order valence-electron chi connectivity index (χ2n) is 6.01. The van der Waals surface area contributed by atoms with Gasteiger partial charge >= 0.3 is 0 Å². The van der Waals surface area contributed by atoms with Crippen molar-refractivity contribution in [3.05, 3.63) is 54.1 Å². The predicted octanol–water partition coefficient (Wildman–Crippen LogP) is 3.41. The minimum atomic E-state index is 0.194. The SMILES string of the molecule is OCC1CCCCN1Cc1cc(-c2ccccc2)ccc1O. The van der Waals surface area contributed by atoms with E-state index in [0.29, 0.717) is 12.3 Å². The van der Waals surface area contributed by atoms with E-state index in [4.69, 9.17) is 0 Å². The van der Waals surface area contributed by atoms with Gasteiger partial charge in [-0.3, -0.25) is 4.90 Å². The second kappa shape index (κ2) is 6.95. The molecule has 3 rings (SSSR count). The van der Waals surface area contributed by atoms with Gasteiger partial charge in [0.05, 0.1) is 6.61 Å². The van der Waals surface area contributed by atoms with Crippen LogP contribution in [-0.2, 0) is 6.54 Å². The minimum Gasteiger partial charge on any atom is -0.508 e. The van der Waals surface area contributed by atoms with Gasteiger partial charge in [0.25, 0.3) is 0 Å². The fourth-order valence-electron chi connectivity index (χ4n) is 3.22. The van der Waals surface area contributed by atoms with E-state index in [1.165, 1.54) is 6.42 Å². The molecule has 2 aromatic rings. The molecule has 116 valence electrons. The Balaban J connectivity index is 1.84. The Bertz CT molecular complexity index is 612. The Morgan fingerprint density at radius 3 is 2.59 bits per heavy atom. The number of piperidine rings is 1. The van der Waals surface area contributed by atoms with Crippen molar-refractivity contribution in [3.8, 4) is 16.9 Å². The molecule has 0 spiro atoms. The van der Waals surface area contributed by atoms with Crippen molar-refractivity contribution in [2.24, 2.45) is 0 Å². The van der Waals surface area contributed by atoms with Gasteiger partial charge in [-0.1, -0.05) is 42.8 Å². The van der Waals surface area contributed by atoms with Crippen molar-refractivity contribution < 1.29 is 10.2 Å². The van der Waals surface area contributed by atoms with Gasteiger partial charge in [-0.15, -0.1) is 0 Å². The Kier molecular flexibility index (Phi) is 4.76. The summed E-state index contributed by atoms with van der Waals surface area (Å²) in [6.07, 6.45) is 3.38. The third kappa shape index (κ3) is 3.32. The standard InChI is InChI=1S/C19H23NO2/c21-14-18-8-4-5-11-20(18)13-17-12-16(9-10-19(17)22)15-6-2-1-3-7-15/h1-3,6-7,9-10,12,18,21-22H,4-5,8,11,13-14H2. The molecule has 3 heteroatoms. The van der Waals surface area contributed by atoms with E-state index >= 15 is 0 Å². The average molecular weight is 297 g/mol. The van der Waals surface area contributed by atoms with Gasteiger partial charge in [-0.2, -0.15) is 0 Å². The van der Waals surface area contributed by atoms with Crippen LogP contribution in [0, 0.1) is 0 Å². The van der Waals surface area contributed by atoms with Crippen LogP contribution in [0.3, 0.4) is 0 Å². The summed E-state index contributed by atoms with van der Waals surface area (Å²) in [6, 6.07) is 16.2. The first-order valence-corrected chi connectivity index (χ1v) is 8.00. The zero-order valence-corrected chi connectivity index (χ0v) is 12.8. The summed E-state index contributed by atoms with van der Waals surface area (Å²) in [5, 5.41) is 19.7. The first-order valence-electron chi connectivity index (χ1n) is 8.00. The zero-order valence-electron chi connectivity index (χ0n) is 12.8. The van der Waals surface area contributed by atoms with Crippen molar-refractivity contribution in [3.63, 3.8) is 0 Å². The van der Waals surface area contributed by atoms with Crippen LogP contribution < -0.4 is 0 Å². The number of nitrogens with zero attached hydrogens (tertiary/aromatic N) is 1. The summed E-state index contributed by atoms with van der Waals surface area (Å²) >= 11 is 0. The highest BCUT2D eigenvalue weighted by Crippen LogP contribution is 2.28. The van der Waals surface area contributed by atoms with Gasteiger partial charge in [0.2, 0.25) is 0 Å². The Morgan fingerprint density at radius 1 is 1.00 bits per heavy atom. The molecule has 1 heterocycles. The number of phenols is 1. The highest BCUT2D eigenvalue weighted by Gasteiger charge is 2.22. The molecular weight excluding hydrogens is 274 g/mol. The lowest BCUT2D eigenvalue weighted by Gasteiger charge is -2.34. The number of aliphatic hydroxyl groups excluding tert-OH is 1. The van der Waals surface area contributed by atoms with E-state index in [9.17, 15) is 10.2 Å². The van der Waals surface area contributed by atoms with Crippen molar-refractivity contribution in [2.45, 2.75) is 31.8 Å². The highest BCUT2D eigenvalue weighted by molar-refractivity contribution is 5.65. The third-order valence-electron chi connectivity index (χ3n) is 4.52. The molecule has 0 aromatic heterocycles. The van der Waals surface area contributed by atoms with Crippen molar-refractivity contribution >= 4 is 0 Å². The maximum absolute atomic E-state index is 10.2. The molecule has 1 aliphatic rings. The van der Waals surface area contributed by atoms with E-state index in [-0.39, 0.29) is 12.6 Å². The van der Waals surface area contributed by atoms with Crippen LogP contribution in [0.15, 0.2) is 48.5 Å². The second-order valence-corrected chi connectivity index (χ2v) is 6.01. The quantitative estimate of drug-likeness (QED) is 0.909. The van der Waals surface area contributed by atoms with Crippen LogP contribution in [0.4, 0.5) is 0 Å². The van der Waals surface area contributed by atoms with Gasteiger partial charge in [0.1, 0.15) is 5.75 Å². The van der Waals surface area contributed by atoms with E-state index < -0.39 is 0 Å². The van der Waals surface area contributed by atoms with E-state index in [1.54, 1.807) is 6.07 Å². The first-order chi connectivity index (χ1) is 10.8. The van der Waals surface area contributed by atoms with Crippen LogP contribution in [0.25, 0.3) is 11.1 Å². The van der Waals surface area contributed by atoms with Gasteiger partial charge < -0.3 is 10.2 Å². The van der Waals surface area contributed by atoms with Crippen LogP contribution >= 0.6 is 0 Å². The zero-order chi connectivity index (χ0) is 15.4. The molecule has 1 aliphatic heterocycles. The summed E-state index contributed by atoms with van der Waals surface area (Å²) in [7, 11) is 0. The molecule has 0 radical (unpaired) electrons. The van der Waals surface area contributed by atoms with Crippen LogP contribution in [0.5, 0.6) is 5.75 Å². The number of aromatic hydroxyl groups is 1. The van der Waals surface area contributed by atoms with E-state index in [2.05, 4.69) is 23.1 Å². The molecule has 0 aliphatic carbocycles. The van der Waals surface area contributed by atoms with Gasteiger partial charge in [0, 0.05) is 18.2 Å². The number of likely N-dealkylation sites (tertiary alicyclic amines) is 1. The number of hydrogen-bond donors (Lipinski definition) is 2. The number of rotatable bonds is 4.